The SMILES string of the molecule is COc1ccc(OC)c2c1CN(Cc1csc(C(C)C)n1)C[C@H]2O. The van der Waals surface area contributed by atoms with Gasteiger partial charge in [-0.05, 0) is 12.1 Å². The number of nitrogens with zero attached hydrogens (tertiary/aromatic N) is 2. The van der Waals surface area contributed by atoms with Gasteiger partial charge >= 0.3 is 0 Å². The molecule has 0 spiro atoms. The molecule has 2 heterocycles. The van der Waals surface area contributed by atoms with Crippen LogP contribution >= 0.6 is 11.3 Å². The van der Waals surface area contributed by atoms with E-state index in [1.807, 2.05) is 12.1 Å². The first kappa shape index (κ1) is 17.2. The van der Waals surface area contributed by atoms with Gasteiger partial charge in [-0.3, -0.25) is 4.90 Å². The third kappa shape index (κ3) is 3.27. The lowest BCUT2D eigenvalue weighted by atomic mass is 9.95. The van der Waals surface area contributed by atoms with Crippen LogP contribution in [0.1, 0.15) is 47.7 Å². The van der Waals surface area contributed by atoms with Gasteiger partial charge < -0.3 is 14.6 Å². The number of aromatic nitrogens is 1. The van der Waals surface area contributed by atoms with Crippen LogP contribution in [0.2, 0.25) is 0 Å². The van der Waals surface area contributed by atoms with Gasteiger partial charge in [0.1, 0.15) is 11.5 Å². The smallest absolute Gasteiger partial charge is 0.125 e. The predicted molar refractivity (Wildman–Crippen MR) is 94.8 cm³/mol. The molecule has 1 aliphatic rings. The standard InChI is InChI=1S/C18H24N2O3S/c1-11(2)18-19-12(10-24-18)7-20-8-13-15(22-3)5-6-16(23-4)17(13)14(21)9-20/h5-6,10-11,14,21H,7-9H2,1-4H3/t14-/m1/s1. The molecule has 5 nitrogen and oxygen atoms in total. The maximum absolute atomic E-state index is 10.6. The highest BCUT2D eigenvalue weighted by Crippen LogP contribution is 2.39. The highest BCUT2D eigenvalue weighted by Gasteiger charge is 2.29. The Morgan fingerprint density at radius 3 is 2.62 bits per heavy atom. The number of aliphatic hydroxyl groups is 1. The van der Waals surface area contributed by atoms with Gasteiger partial charge in [-0.15, -0.1) is 11.3 Å². The molecule has 0 bridgehead atoms. The lowest BCUT2D eigenvalue weighted by Crippen LogP contribution is -2.33. The molecule has 0 saturated carbocycles. The second-order valence-electron chi connectivity index (χ2n) is 6.38. The van der Waals surface area contributed by atoms with E-state index in [-0.39, 0.29) is 0 Å². The lowest BCUT2D eigenvalue weighted by Gasteiger charge is -2.33. The minimum Gasteiger partial charge on any atom is -0.496 e. The zero-order valence-corrected chi connectivity index (χ0v) is 15.4. The van der Waals surface area contributed by atoms with Crippen molar-refractivity contribution in [1.82, 2.24) is 9.88 Å². The molecule has 0 aliphatic carbocycles. The van der Waals surface area contributed by atoms with Crippen molar-refractivity contribution >= 4 is 11.3 Å². The van der Waals surface area contributed by atoms with Crippen LogP contribution < -0.4 is 9.47 Å². The number of methoxy groups -OCH3 is 2. The number of ether oxygens (including phenoxy) is 2. The molecular weight excluding hydrogens is 324 g/mol. The number of hydrogen-bond donors (Lipinski definition) is 1. The van der Waals surface area contributed by atoms with E-state index in [0.717, 1.165) is 34.1 Å². The van der Waals surface area contributed by atoms with Gasteiger partial charge in [0.15, 0.2) is 0 Å². The predicted octanol–water partition coefficient (Wildman–Crippen LogP) is 3.33. The molecule has 1 aromatic heterocycles. The van der Waals surface area contributed by atoms with Gasteiger partial charge in [-0.1, -0.05) is 13.8 Å². The molecule has 2 aromatic rings. The van der Waals surface area contributed by atoms with Gasteiger partial charge in [0.25, 0.3) is 0 Å². The number of fused-ring (bicyclic) bond motifs is 1. The Morgan fingerprint density at radius 2 is 2.00 bits per heavy atom. The van der Waals surface area contributed by atoms with Gasteiger partial charge in [0.2, 0.25) is 0 Å². The van der Waals surface area contributed by atoms with E-state index in [0.29, 0.717) is 24.8 Å². The first-order valence-corrected chi connectivity index (χ1v) is 9.00. The number of rotatable bonds is 5. The third-order valence-electron chi connectivity index (χ3n) is 4.31. The van der Waals surface area contributed by atoms with E-state index in [1.54, 1.807) is 25.6 Å². The van der Waals surface area contributed by atoms with Gasteiger partial charge in [-0.2, -0.15) is 0 Å². The summed E-state index contributed by atoms with van der Waals surface area (Å²) in [4.78, 5) is 6.90. The monoisotopic (exact) mass is 348 g/mol. The normalized spacial score (nSPS) is 17.8. The van der Waals surface area contributed by atoms with Crippen molar-refractivity contribution in [1.29, 1.82) is 0 Å². The van der Waals surface area contributed by atoms with E-state index in [9.17, 15) is 5.11 Å². The van der Waals surface area contributed by atoms with Crippen molar-refractivity contribution in [3.05, 3.63) is 39.3 Å². The largest absolute Gasteiger partial charge is 0.496 e. The Hall–Kier alpha value is -1.63. The number of benzene rings is 1. The van der Waals surface area contributed by atoms with Crippen molar-refractivity contribution in [2.75, 3.05) is 20.8 Å². The average molecular weight is 348 g/mol. The first-order valence-electron chi connectivity index (χ1n) is 8.12. The fourth-order valence-electron chi connectivity index (χ4n) is 3.15. The minimum absolute atomic E-state index is 0.445. The molecule has 3 rings (SSSR count). The molecule has 1 atom stereocenters. The number of aliphatic hydroxyl groups excluding tert-OH is 1. The maximum Gasteiger partial charge on any atom is 0.125 e. The van der Waals surface area contributed by atoms with Gasteiger partial charge in [-0.25, -0.2) is 4.98 Å². The summed E-state index contributed by atoms with van der Waals surface area (Å²) in [5.74, 6) is 1.95. The molecule has 0 saturated heterocycles. The summed E-state index contributed by atoms with van der Waals surface area (Å²) in [5, 5.41) is 13.9. The summed E-state index contributed by atoms with van der Waals surface area (Å²) >= 11 is 1.70. The van der Waals surface area contributed by atoms with Crippen LogP contribution in [0.5, 0.6) is 11.5 Å². The summed E-state index contributed by atoms with van der Waals surface area (Å²) in [5.41, 5.74) is 2.89. The molecule has 1 aliphatic heterocycles. The minimum atomic E-state index is -0.595. The average Bonchev–Trinajstić information content (AvgIpc) is 3.02. The maximum atomic E-state index is 10.6. The van der Waals surface area contributed by atoms with E-state index in [1.165, 1.54) is 0 Å². The highest BCUT2D eigenvalue weighted by atomic mass is 32.1. The van der Waals surface area contributed by atoms with E-state index >= 15 is 0 Å². The number of thiazole rings is 1. The molecular formula is C18H24N2O3S. The summed E-state index contributed by atoms with van der Waals surface area (Å²) in [6, 6.07) is 3.75. The second kappa shape index (κ2) is 7.09. The molecule has 24 heavy (non-hydrogen) atoms. The molecule has 0 amide bonds. The molecule has 0 fully saturated rings. The van der Waals surface area contributed by atoms with Crippen LogP contribution in [0, 0.1) is 0 Å². The summed E-state index contributed by atoms with van der Waals surface area (Å²) in [6.07, 6.45) is -0.595. The Morgan fingerprint density at radius 1 is 1.29 bits per heavy atom. The lowest BCUT2D eigenvalue weighted by molar-refractivity contribution is 0.0837. The second-order valence-corrected chi connectivity index (χ2v) is 7.27. The van der Waals surface area contributed by atoms with E-state index < -0.39 is 6.10 Å². The van der Waals surface area contributed by atoms with Crippen LogP contribution in [0.4, 0.5) is 0 Å². The summed E-state index contributed by atoms with van der Waals surface area (Å²) in [6.45, 7) is 6.30. The fourth-order valence-corrected chi connectivity index (χ4v) is 3.98. The van der Waals surface area contributed by atoms with Crippen molar-refractivity contribution < 1.29 is 14.6 Å². The quantitative estimate of drug-likeness (QED) is 0.898. The number of hydrogen-bond acceptors (Lipinski definition) is 6. The molecule has 130 valence electrons. The first-order chi connectivity index (χ1) is 11.5. The highest BCUT2D eigenvalue weighted by molar-refractivity contribution is 7.09. The molecule has 1 N–H and O–H groups in total. The molecule has 0 unspecified atom stereocenters. The molecule has 0 radical (unpaired) electrons. The summed E-state index contributed by atoms with van der Waals surface area (Å²) in [7, 11) is 3.28. The molecule has 6 heteroatoms. The zero-order valence-electron chi connectivity index (χ0n) is 14.6. The van der Waals surface area contributed by atoms with Crippen molar-refractivity contribution in [3.8, 4) is 11.5 Å². The van der Waals surface area contributed by atoms with E-state index in [4.69, 9.17) is 14.5 Å². The van der Waals surface area contributed by atoms with Crippen LogP contribution in [0.15, 0.2) is 17.5 Å². The Bertz CT molecular complexity index is 714. The summed E-state index contributed by atoms with van der Waals surface area (Å²) < 4.78 is 10.9. The van der Waals surface area contributed by atoms with Gasteiger partial charge in [0.05, 0.1) is 31.0 Å². The van der Waals surface area contributed by atoms with Crippen molar-refractivity contribution in [3.63, 3.8) is 0 Å². The molecule has 1 aromatic carbocycles. The zero-order chi connectivity index (χ0) is 17.3. The Labute approximate surface area is 146 Å². The topological polar surface area (TPSA) is 54.8 Å². The van der Waals surface area contributed by atoms with Crippen molar-refractivity contribution in [2.45, 2.75) is 39.0 Å². The van der Waals surface area contributed by atoms with Crippen LogP contribution in [0.3, 0.4) is 0 Å². The number of β-amino-alcohol motifs (C(OH)–C–C–N with tert-alkyl or cyclic N) is 1. The fraction of sp³-hybridized carbons (Fsp3) is 0.500. The van der Waals surface area contributed by atoms with E-state index in [2.05, 4.69) is 24.1 Å². The van der Waals surface area contributed by atoms with Crippen molar-refractivity contribution in [2.24, 2.45) is 0 Å². The van der Waals surface area contributed by atoms with Crippen LogP contribution in [-0.4, -0.2) is 35.8 Å². The Kier molecular flexibility index (Phi) is 5.08. The Balaban J connectivity index is 1.85. The van der Waals surface area contributed by atoms with Gasteiger partial charge in [0, 0.05) is 42.1 Å². The van der Waals surface area contributed by atoms with Crippen LogP contribution in [-0.2, 0) is 13.1 Å². The third-order valence-corrected chi connectivity index (χ3v) is 5.50. The van der Waals surface area contributed by atoms with Crippen LogP contribution in [0.25, 0.3) is 0 Å².